The van der Waals surface area contributed by atoms with E-state index in [-0.39, 0.29) is 0 Å². The number of ether oxygens (including phenoxy) is 3. The van der Waals surface area contributed by atoms with Gasteiger partial charge in [-0.05, 0) is 0 Å². The van der Waals surface area contributed by atoms with Gasteiger partial charge in [0.15, 0.2) is 0 Å². The van der Waals surface area contributed by atoms with Crippen LogP contribution in [0.3, 0.4) is 0 Å². The normalized spacial score (nSPS) is 18.5. The van der Waals surface area contributed by atoms with E-state index in [2.05, 4.69) is 0 Å². The Morgan fingerprint density at radius 2 is 0.641 bits per heavy atom. The second-order valence-electron chi connectivity index (χ2n) is 6.21. The summed E-state index contributed by atoms with van der Waals surface area (Å²) in [5, 5.41) is 0. The molecule has 0 aromatic heterocycles. The lowest BCUT2D eigenvalue weighted by atomic mass is 10.2. The molecule has 3 nitrogen and oxygen atoms in total. The van der Waals surface area contributed by atoms with Crippen LogP contribution in [-0.4, -0.2) is 60.6 Å². The molecule has 0 aromatic rings. The summed E-state index contributed by atoms with van der Waals surface area (Å²) in [5.41, 5.74) is 0. The van der Waals surface area contributed by atoms with Gasteiger partial charge in [0.25, 0.3) is 5.83 Å². The average Bonchev–Trinajstić information content (AvgIpc) is 2.62. The van der Waals surface area contributed by atoms with Gasteiger partial charge in [-0.15, -0.1) is 0 Å². The van der Waals surface area contributed by atoms with E-state index in [1.165, 1.54) is 4.74 Å². The van der Waals surface area contributed by atoms with E-state index in [9.17, 15) is 105 Å². The lowest BCUT2D eigenvalue weighted by molar-refractivity contribution is -0.577. The van der Waals surface area contributed by atoms with Crippen LogP contribution in [0.25, 0.3) is 0 Å². The maximum atomic E-state index is 13.9. The maximum Gasteiger partial charge on any atom is 0.462 e. The highest BCUT2D eigenvalue weighted by Crippen LogP contribution is 2.59. The first kappa shape index (κ1) is 36.9. The van der Waals surface area contributed by atoms with Crippen LogP contribution in [0.1, 0.15) is 0 Å². The predicted octanol–water partition coefficient (Wildman–Crippen LogP) is 8.14. The minimum absolute atomic E-state index is 0.983. The van der Waals surface area contributed by atoms with Crippen molar-refractivity contribution in [1.82, 2.24) is 0 Å². The summed E-state index contributed by atoms with van der Waals surface area (Å²) in [6.07, 6.45) is -61.6. The van der Waals surface area contributed by atoms with Crippen molar-refractivity contribution in [2.75, 3.05) is 0 Å². The molecule has 0 aliphatic carbocycles. The van der Waals surface area contributed by atoms with E-state index < -0.39 is 72.5 Å². The van der Waals surface area contributed by atoms with Gasteiger partial charge in [-0.1, -0.05) is 0 Å². The summed E-state index contributed by atoms with van der Waals surface area (Å²) in [4.78, 5) is 0. The molecule has 2 unspecified atom stereocenters. The highest BCUT2D eigenvalue weighted by molar-refractivity contribution is 5.02. The smallest absolute Gasteiger partial charge is 0.263 e. The molecular weight excluding hydrogens is 648 g/mol. The second-order valence-corrected chi connectivity index (χ2v) is 6.21. The Bertz CT molecular complexity index is 907. The highest BCUT2D eigenvalue weighted by Gasteiger charge is 2.87. The number of rotatable bonds is 10. The minimum atomic E-state index is -8.71. The van der Waals surface area contributed by atoms with Gasteiger partial charge in [-0.3, -0.25) is 9.47 Å². The van der Waals surface area contributed by atoms with Crippen LogP contribution < -0.4 is 0 Å². The monoisotopic (exact) mass is 648 g/mol. The third-order valence-corrected chi connectivity index (χ3v) is 3.41. The minimum Gasteiger partial charge on any atom is -0.263 e. The van der Waals surface area contributed by atoms with Gasteiger partial charge in [0.1, 0.15) is 0 Å². The third kappa shape index (κ3) is 6.48. The standard InChI is InChI=1S/C12F24O3/c13-1(2(14)15)3(16,17)37-11(33,34)5(20,8(25,26)27)39-12(35,36)6(21,9(28,29)30)38-10(31,32)4(18,19)7(22,23)24. The fourth-order valence-electron chi connectivity index (χ4n) is 1.59. The first-order valence-electron chi connectivity index (χ1n) is 7.76. The van der Waals surface area contributed by atoms with E-state index >= 15 is 0 Å². The predicted molar refractivity (Wildman–Crippen MR) is 64.2 cm³/mol. The second kappa shape index (κ2) is 9.79. The Morgan fingerprint density at radius 1 is 0.359 bits per heavy atom. The maximum absolute atomic E-state index is 13.9. The van der Waals surface area contributed by atoms with E-state index in [1.807, 2.05) is 0 Å². The van der Waals surface area contributed by atoms with Crippen molar-refractivity contribution in [3.8, 4) is 0 Å². The Labute approximate surface area is 193 Å². The molecule has 0 fully saturated rings. The molecule has 0 spiro atoms. The van der Waals surface area contributed by atoms with Gasteiger partial charge in [-0.2, -0.15) is 105 Å². The highest BCUT2D eigenvalue weighted by atomic mass is 19.4. The summed E-state index contributed by atoms with van der Waals surface area (Å²) in [5.74, 6) is -30.0. The molecule has 0 aromatic carbocycles. The molecule has 39 heavy (non-hydrogen) atoms. The van der Waals surface area contributed by atoms with Gasteiger partial charge >= 0.3 is 66.7 Å². The van der Waals surface area contributed by atoms with Crippen LogP contribution in [-0.2, 0) is 14.2 Å². The van der Waals surface area contributed by atoms with E-state index in [0.29, 0.717) is 0 Å². The number of hydrogen-bond donors (Lipinski definition) is 0. The van der Waals surface area contributed by atoms with E-state index in [4.69, 9.17) is 0 Å². The van der Waals surface area contributed by atoms with Crippen LogP contribution in [0.2, 0.25) is 0 Å². The van der Waals surface area contributed by atoms with Gasteiger partial charge in [0, 0.05) is 0 Å². The van der Waals surface area contributed by atoms with Gasteiger partial charge in [0.05, 0.1) is 0 Å². The zero-order chi connectivity index (χ0) is 32.3. The first-order chi connectivity index (χ1) is 16.5. The molecule has 27 heteroatoms. The van der Waals surface area contributed by atoms with Crippen molar-refractivity contribution in [2.45, 2.75) is 60.6 Å². The van der Waals surface area contributed by atoms with Crippen molar-refractivity contribution < 1.29 is 120 Å². The van der Waals surface area contributed by atoms with E-state index in [1.54, 1.807) is 0 Å². The summed E-state index contributed by atoms with van der Waals surface area (Å²) < 4.78 is 310. The molecule has 0 heterocycles. The van der Waals surface area contributed by atoms with Crippen LogP contribution in [0, 0.1) is 0 Å². The van der Waals surface area contributed by atoms with Crippen molar-refractivity contribution in [2.24, 2.45) is 0 Å². The van der Waals surface area contributed by atoms with E-state index in [0.717, 1.165) is 9.47 Å². The largest absolute Gasteiger partial charge is 0.462 e. The Hall–Kier alpha value is -2.06. The molecule has 0 saturated heterocycles. The molecule has 0 aliphatic rings. The number of hydrogen-bond acceptors (Lipinski definition) is 3. The molecule has 0 N–H and O–H groups in total. The summed E-state index contributed by atoms with van der Waals surface area (Å²) in [6.45, 7) is 0. The zero-order valence-electron chi connectivity index (χ0n) is 16.3. The molecule has 0 rings (SSSR count). The summed E-state index contributed by atoms with van der Waals surface area (Å²) >= 11 is 0. The van der Waals surface area contributed by atoms with Crippen LogP contribution >= 0.6 is 0 Å². The molecule has 0 saturated carbocycles. The average molecular weight is 648 g/mol. The SMILES string of the molecule is FC(F)=C(F)C(F)(F)OC(F)(F)C(F)(OC(F)(F)C(F)(OC(F)(F)C(F)(F)C(F)(F)F)C(F)(F)F)C(F)(F)F. The molecule has 0 bridgehead atoms. The zero-order valence-corrected chi connectivity index (χ0v) is 16.3. The Kier molecular flexibility index (Phi) is 9.27. The van der Waals surface area contributed by atoms with Gasteiger partial charge < -0.3 is 0 Å². The third-order valence-electron chi connectivity index (χ3n) is 3.41. The van der Waals surface area contributed by atoms with Crippen molar-refractivity contribution in [3.63, 3.8) is 0 Å². The van der Waals surface area contributed by atoms with Crippen LogP contribution in [0.15, 0.2) is 11.9 Å². The molecule has 234 valence electrons. The molecule has 2 atom stereocenters. The Morgan fingerprint density at radius 3 is 0.897 bits per heavy atom. The molecule has 0 radical (unpaired) electrons. The van der Waals surface area contributed by atoms with Crippen molar-refractivity contribution in [1.29, 1.82) is 0 Å². The first-order valence-corrected chi connectivity index (χ1v) is 7.76. The fraction of sp³-hybridized carbons (Fsp3) is 0.833. The summed E-state index contributed by atoms with van der Waals surface area (Å²) in [6, 6.07) is 0. The fourth-order valence-corrected chi connectivity index (χ4v) is 1.59. The molecular formula is C12F24O3. The van der Waals surface area contributed by atoms with Crippen molar-refractivity contribution >= 4 is 0 Å². The molecule has 0 aliphatic heterocycles. The lowest BCUT2D eigenvalue weighted by Crippen LogP contribution is -2.70. The van der Waals surface area contributed by atoms with Gasteiger partial charge in [0.2, 0.25) is 0 Å². The lowest BCUT2D eigenvalue weighted by Gasteiger charge is -2.42. The van der Waals surface area contributed by atoms with Crippen molar-refractivity contribution in [3.05, 3.63) is 11.9 Å². The number of halogens is 24. The quantitative estimate of drug-likeness (QED) is 0.224. The molecule has 0 amide bonds. The Balaban J connectivity index is 7.12. The van der Waals surface area contributed by atoms with Crippen LogP contribution in [0.4, 0.5) is 105 Å². The van der Waals surface area contributed by atoms with Crippen LogP contribution in [0.5, 0.6) is 0 Å². The number of alkyl halides is 21. The summed E-state index contributed by atoms with van der Waals surface area (Å²) in [7, 11) is 0. The topological polar surface area (TPSA) is 27.7 Å². The van der Waals surface area contributed by atoms with Gasteiger partial charge in [-0.25, -0.2) is 4.74 Å².